The molecule has 0 fully saturated rings. The van der Waals surface area contributed by atoms with Crippen LogP contribution in [0.25, 0.3) is 0 Å². The third-order valence-electron chi connectivity index (χ3n) is 2.20. The molecule has 4 nitrogen and oxygen atoms in total. The van der Waals surface area contributed by atoms with Gasteiger partial charge in [-0.15, -0.1) is 0 Å². The molecule has 1 aromatic rings. The van der Waals surface area contributed by atoms with Crippen molar-refractivity contribution in [1.29, 1.82) is 0 Å². The number of likely N-dealkylation sites (N-methyl/N-ethyl adjacent to an activating group) is 1. The van der Waals surface area contributed by atoms with Gasteiger partial charge in [0.2, 0.25) is 10.0 Å². The second-order valence-corrected chi connectivity index (χ2v) is 5.93. The Hall–Kier alpha value is -0.430. The molecule has 0 amide bonds. The van der Waals surface area contributed by atoms with Crippen molar-refractivity contribution in [1.82, 2.24) is 4.31 Å². The van der Waals surface area contributed by atoms with Crippen molar-refractivity contribution in [2.45, 2.75) is 10.2 Å². The van der Waals surface area contributed by atoms with Crippen LogP contribution in [0.1, 0.15) is 5.56 Å². The van der Waals surface area contributed by atoms with E-state index in [0.29, 0.717) is 5.33 Å². The molecular formula is C10H14BrNO3S. The average Bonchev–Trinajstić information content (AvgIpc) is 2.29. The summed E-state index contributed by atoms with van der Waals surface area (Å²) in [6, 6.07) is 6.66. The van der Waals surface area contributed by atoms with Gasteiger partial charge >= 0.3 is 0 Å². The molecule has 1 N–H and O–H groups in total. The minimum Gasteiger partial charge on any atom is -0.395 e. The monoisotopic (exact) mass is 307 g/mol. The number of hydrogen-bond donors (Lipinski definition) is 1. The maximum absolute atomic E-state index is 11.9. The van der Waals surface area contributed by atoms with E-state index in [1.807, 2.05) is 0 Å². The lowest BCUT2D eigenvalue weighted by atomic mass is 10.2. The predicted molar refractivity (Wildman–Crippen MR) is 66.0 cm³/mol. The summed E-state index contributed by atoms with van der Waals surface area (Å²) < 4.78 is 25.0. The first kappa shape index (κ1) is 13.6. The van der Waals surface area contributed by atoms with E-state index >= 15 is 0 Å². The van der Waals surface area contributed by atoms with Crippen LogP contribution in [0.15, 0.2) is 29.2 Å². The highest BCUT2D eigenvalue weighted by molar-refractivity contribution is 9.08. The number of sulfonamides is 1. The summed E-state index contributed by atoms with van der Waals surface area (Å²) in [5.74, 6) is 0. The molecule has 0 aliphatic heterocycles. The van der Waals surface area contributed by atoms with Gasteiger partial charge in [-0.1, -0.05) is 28.1 Å². The zero-order chi connectivity index (χ0) is 12.2. The van der Waals surface area contributed by atoms with Crippen LogP contribution >= 0.6 is 15.9 Å². The summed E-state index contributed by atoms with van der Waals surface area (Å²) in [4.78, 5) is 0.244. The Morgan fingerprint density at radius 3 is 2.31 bits per heavy atom. The second-order valence-electron chi connectivity index (χ2n) is 3.33. The van der Waals surface area contributed by atoms with E-state index < -0.39 is 10.0 Å². The van der Waals surface area contributed by atoms with Crippen molar-refractivity contribution in [3.05, 3.63) is 29.8 Å². The molecule has 0 aromatic heterocycles. The number of rotatable bonds is 5. The molecule has 0 radical (unpaired) electrons. The third-order valence-corrected chi connectivity index (χ3v) is 4.72. The predicted octanol–water partition coefficient (Wildman–Crippen LogP) is 1.19. The second kappa shape index (κ2) is 5.77. The average molecular weight is 308 g/mol. The minimum absolute atomic E-state index is 0.0997. The van der Waals surface area contributed by atoms with Gasteiger partial charge in [0.1, 0.15) is 0 Å². The molecule has 0 saturated heterocycles. The van der Waals surface area contributed by atoms with E-state index in [4.69, 9.17) is 5.11 Å². The van der Waals surface area contributed by atoms with Gasteiger partial charge in [-0.25, -0.2) is 8.42 Å². The Kier molecular flexibility index (Phi) is 4.91. The van der Waals surface area contributed by atoms with Gasteiger partial charge in [0, 0.05) is 18.9 Å². The first-order valence-corrected chi connectivity index (χ1v) is 7.30. The van der Waals surface area contributed by atoms with E-state index in [0.717, 1.165) is 9.87 Å². The van der Waals surface area contributed by atoms with Crippen LogP contribution in [0.4, 0.5) is 0 Å². The molecule has 0 aliphatic rings. The molecule has 1 aromatic carbocycles. The van der Waals surface area contributed by atoms with Crippen LogP contribution in [0.5, 0.6) is 0 Å². The van der Waals surface area contributed by atoms with Gasteiger partial charge in [-0.3, -0.25) is 0 Å². The van der Waals surface area contributed by atoms with E-state index in [1.165, 1.54) is 7.05 Å². The molecule has 0 unspecified atom stereocenters. The van der Waals surface area contributed by atoms with Crippen molar-refractivity contribution in [2.75, 3.05) is 20.2 Å². The van der Waals surface area contributed by atoms with Gasteiger partial charge in [-0.2, -0.15) is 4.31 Å². The largest absolute Gasteiger partial charge is 0.395 e. The van der Waals surface area contributed by atoms with Crippen LogP contribution in [0, 0.1) is 0 Å². The first-order valence-electron chi connectivity index (χ1n) is 4.74. The lowest BCUT2D eigenvalue weighted by Gasteiger charge is -2.15. The van der Waals surface area contributed by atoms with Gasteiger partial charge < -0.3 is 5.11 Å². The highest BCUT2D eigenvalue weighted by Crippen LogP contribution is 2.15. The number of aliphatic hydroxyl groups excluding tert-OH is 1. The van der Waals surface area contributed by atoms with Crippen molar-refractivity contribution in [2.24, 2.45) is 0 Å². The van der Waals surface area contributed by atoms with E-state index in [2.05, 4.69) is 15.9 Å². The summed E-state index contributed by atoms with van der Waals surface area (Å²) in [7, 11) is -2.02. The van der Waals surface area contributed by atoms with Gasteiger partial charge in [-0.05, 0) is 17.7 Å². The Bertz CT molecular complexity index is 430. The number of halogens is 1. The van der Waals surface area contributed by atoms with Crippen molar-refractivity contribution in [3.63, 3.8) is 0 Å². The number of hydrogen-bond acceptors (Lipinski definition) is 3. The lowest BCUT2D eigenvalue weighted by Crippen LogP contribution is -2.29. The molecule has 0 heterocycles. The van der Waals surface area contributed by atoms with E-state index in [1.54, 1.807) is 24.3 Å². The Morgan fingerprint density at radius 2 is 1.88 bits per heavy atom. The SMILES string of the molecule is CN(CCO)S(=O)(=O)c1ccc(CBr)cc1. The molecule has 16 heavy (non-hydrogen) atoms. The summed E-state index contributed by atoms with van der Waals surface area (Å²) in [5.41, 5.74) is 1.02. The van der Waals surface area contributed by atoms with Gasteiger partial charge in [0.15, 0.2) is 0 Å². The zero-order valence-electron chi connectivity index (χ0n) is 8.93. The normalized spacial score (nSPS) is 12.0. The van der Waals surface area contributed by atoms with Crippen LogP contribution < -0.4 is 0 Å². The Labute approximate surface area is 104 Å². The fourth-order valence-electron chi connectivity index (χ4n) is 1.19. The maximum atomic E-state index is 11.9. The third kappa shape index (κ3) is 3.04. The number of alkyl halides is 1. The van der Waals surface area contributed by atoms with Crippen molar-refractivity contribution in [3.8, 4) is 0 Å². The van der Waals surface area contributed by atoms with Crippen molar-refractivity contribution >= 4 is 26.0 Å². The number of benzene rings is 1. The topological polar surface area (TPSA) is 57.6 Å². The highest BCUT2D eigenvalue weighted by Gasteiger charge is 2.19. The number of aliphatic hydroxyl groups is 1. The molecule has 0 saturated carbocycles. The number of nitrogens with zero attached hydrogens (tertiary/aromatic N) is 1. The molecular weight excluding hydrogens is 294 g/mol. The van der Waals surface area contributed by atoms with E-state index in [-0.39, 0.29) is 18.0 Å². The quantitative estimate of drug-likeness (QED) is 0.832. The van der Waals surface area contributed by atoms with Crippen LogP contribution in [0.2, 0.25) is 0 Å². The van der Waals surface area contributed by atoms with Crippen LogP contribution in [0.3, 0.4) is 0 Å². The standard InChI is InChI=1S/C10H14BrNO3S/c1-12(6-7-13)16(14,15)10-4-2-9(8-11)3-5-10/h2-5,13H,6-8H2,1H3. The Balaban J connectivity index is 2.98. The minimum atomic E-state index is -3.47. The molecule has 0 bridgehead atoms. The fourth-order valence-corrected chi connectivity index (χ4v) is 2.73. The molecule has 1 rings (SSSR count). The molecule has 6 heteroatoms. The van der Waals surface area contributed by atoms with Crippen LogP contribution in [-0.2, 0) is 15.4 Å². The summed E-state index contributed by atoms with van der Waals surface area (Å²) >= 11 is 3.29. The van der Waals surface area contributed by atoms with Crippen molar-refractivity contribution < 1.29 is 13.5 Å². The summed E-state index contributed by atoms with van der Waals surface area (Å²) in [6.07, 6.45) is 0. The lowest BCUT2D eigenvalue weighted by molar-refractivity contribution is 0.266. The molecule has 0 aliphatic carbocycles. The summed E-state index contributed by atoms with van der Waals surface area (Å²) in [5, 5.41) is 9.41. The fraction of sp³-hybridized carbons (Fsp3) is 0.400. The molecule has 0 atom stereocenters. The smallest absolute Gasteiger partial charge is 0.242 e. The first-order chi connectivity index (χ1) is 7.52. The molecule has 0 spiro atoms. The van der Waals surface area contributed by atoms with Gasteiger partial charge in [0.25, 0.3) is 0 Å². The maximum Gasteiger partial charge on any atom is 0.242 e. The van der Waals surface area contributed by atoms with Crippen LogP contribution in [-0.4, -0.2) is 38.0 Å². The Morgan fingerprint density at radius 1 is 1.31 bits per heavy atom. The summed E-state index contributed by atoms with van der Waals surface area (Å²) in [6.45, 7) is -0.0856. The highest BCUT2D eigenvalue weighted by atomic mass is 79.9. The van der Waals surface area contributed by atoms with E-state index in [9.17, 15) is 8.42 Å². The zero-order valence-corrected chi connectivity index (χ0v) is 11.3. The van der Waals surface area contributed by atoms with Gasteiger partial charge in [0.05, 0.1) is 11.5 Å². The molecule has 90 valence electrons.